The minimum absolute atomic E-state index is 0.753. The van der Waals surface area contributed by atoms with E-state index >= 15 is 0 Å². The summed E-state index contributed by atoms with van der Waals surface area (Å²) in [5.74, 6) is 0. The third-order valence-corrected chi connectivity index (χ3v) is 2.88. The van der Waals surface area contributed by atoms with Crippen LogP contribution in [0, 0.1) is 0 Å². The van der Waals surface area contributed by atoms with E-state index in [2.05, 4.69) is 29.8 Å². The van der Waals surface area contributed by atoms with Gasteiger partial charge in [-0.15, -0.1) is 6.58 Å². The molecular formula is C14H19N3. The monoisotopic (exact) mass is 229 g/mol. The van der Waals surface area contributed by atoms with Crippen LogP contribution in [0.1, 0.15) is 31.9 Å². The van der Waals surface area contributed by atoms with E-state index in [0.717, 1.165) is 24.2 Å². The molecule has 0 N–H and O–H groups in total. The molecule has 3 heteroatoms. The van der Waals surface area contributed by atoms with Crippen molar-refractivity contribution in [2.45, 2.75) is 39.2 Å². The molecule has 0 aliphatic rings. The normalized spacial score (nSPS) is 10.9. The second-order valence-electron chi connectivity index (χ2n) is 4.29. The maximum Gasteiger partial charge on any atom is 0.114 e. The number of aryl methyl sites for hydroxylation is 1. The van der Waals surface area contributed by atoms with E-state index in [4.69, 9.17) is 0 Å². The Bertz CT molecular complexity index is 499. The van der Waals surface area contributed by atoms with Gasteiger partial charge in [-0.3, -0.25) is 9.67 Å². The van der Waals surface area contributed by atoms with E-state index in [9.17, 15) is 0 Å². The van der Waals surface area contributed by atoms with Crippen molar-refractivity contribution in [1.82, 2.24) is 14.8 Å². The third-order valence-electron chi connectivity index (χ3n) is 2.88. The van der Waals surface area contributed by atoms with Gasteiger partial charge in [-0.05, 0) is 18.9 Å². The highest BCUT2D eigenvalue weighted by molar-refractivity contribution is 5.79. The van der Waals surface area contributed by atoms with Gasteiger partial charge in [-0.2, -0.15) is 5.10 Å². The molecule has 0 fully saturated rings. The molecule has 2 aromatic rings. The van der Waals surface area contributed by atoms with Crippen molar-refractivity contribution in [3.63, 3.8) is 0 Å². The van der Waals surface area contributed by atoms with Gasteiger partial charge >= 0.3 is 0 Å². The molecular weight excluding hydrogens is 210 g/mol. The molecule has 0 atom stereocenters. The Hall–Kier alpha value is -1.64. The number of aromatic nitrogens is 3. The highest BCUT2D eigenvalue weighted by Crippen LogP contribution is 2.17. The number of allylic oxidation sites excluding steroid dienone is 1. The highest BCUT2D eigenvalue weighted by atomic mass is 15.3. The molecule has 0 aliphatic heterocycles. The molecule has 2 aromatic heterocycles. The van der Waals surface area contributed by atoms with Crippen LogP contribution in [0.2, 0.25) is 0 Å². The predicted octanol–water partition coefficient (Wildman–Crippen LogP) is 3.35. The van der Waals surface area contributed by atoms with Crippen LogP contribution >= 0.6 is 0 Å². The first kappa shape index (κ1) is 11.8. The molecule has 0 unspecified atom stereocenters. The van der Waals surface area contributed by atoms with Gasteiger partial charge in [0.1, 0.15) is 5.52 Å². The van der Waals surface area contributed by atoms with E-state index in [1.54, 1.807) is 0 Å². The Morgan fingerprint density at radius 2 is 2.29 bits per heavy atom. The summed E-state index contributed by atoms with van der Waals surface area (Å²) in [6.45, 7) is 6.70. The van der Waals surface area contributed by atoms with Crippen molar-refractivity contribution in [2.75, 3.05) is 0 Å². The molecule has 0 bridgehead atoms. The number of rotatable bonds is 6. The summed E-state index contributed by atoms with van der Waals surface area (Å²) in [7, 11) is 0. The van der Waals surface area contributed by atoms with Crippen LogP contribution in [0.4, 0.5) is 0 Å². The zero-order valence-corrected chi connectivity index (χ0v) is 10.4. The van der Waals surface area contributed by atoms with Crippen LogP contribution < -0.4 is 0 Å². The Kier molecular flexibility index (Phi) is 3.91. The molecule has 0 aromatic carbocycles. The van der Waals surface area contributed by atoms with Gasteiger partial charge in [0.2, 0.25) is 0 Å². The number of nitrogens with zero attached hydrogens (tertiary/aromatic N) is 3. The van der Waals surface area contributed by atoms with Crippen LogP contribution in [-0.2, 0) is 13.0 Å². The molecule has 0 amide bonds. The zero-order valence-electron chi connectivity index (χ0n) is 10.4. The molecule has 0 saturated heterocycles. The van der Waals surface area contributed by atoms with Crippen molar-refractivity contribution < 1.29 is 0 Å². The smallest absolute Gasteiger partial charge is 0.114 e. The fourth-order valence-corrected chi connectivity index (χ4v) is 2.00. The summed E-state index contributed by atoms with van der Waals surface area (Å²) in [6.07, 6.45) is 10.5. The average molecular weight is 229 g/mol. The fraction of sp³-hybridized carbons (Fsp3) is 0.429. The van der Waals surface area contributed by atoms with E-state index in [1.807, 2.05) is 23.0 Å². The van der Waals surface area contributed by atoms with Crippen molar-refractivity contribution in [2.24, 2.45) is 0 Å². The molecule has 17 heavy (non-hydrogen) atoms. The Morgan fingerprint density at radius 1 is 1.41 bits per heavy atom. The van der Waals surface area contributed by atoms with Gasteiger partial charge < -0.3 is 0 Å². The Morgan fingerprint density at radius 3 is 3.06 bits per heavy atom. The van der Waals surface area contributed by atoms with E-state index in [-0.39, 0.29) is 0 Å². The zero-order chi connectivity index (χ0) is 12.1. The predicted molar refractivity (Wildman–Crippen MR) is 71.0 cm³/mol. The molecule has 2 rings (SSSR count). The molecule has 3 nitrogen and oxygen atoms in total. The lowest BCUT2D eigenvalue weighted by Gasteiger charge is -2.00. The standard InChI is InChI=1S/C14H19N3/c1-3-5-6-7-13-14-12(8-9-15-13)11-17(16-14)10-4-2/h4,8-9,11H,2-3,5-7,10H2,1H3. The van der Waals surface area contributed by atoms with Crippen molar-refractivity contribution in [3.05, 3.63) is 36.8 Å². The van der Waals surface area contributed by atoms with Crippen molar-refractivity contribution >= 4 is 10.9 Å². The molecule has 2 heterocycles. The highest BCUT2D eigenvalue weighted by Gasteiger charge is 2.06. The Labute approximate surface area is 102 Å². The number of unbranched alkanes of at least 4 members (excludes halogenated alkanes) is 2. The fourth-order valence-electron chi connectivity index (χ4n) is 2.00. The molecule has 0 radical (unpaired) electrons. The van der Waals surface area contributed by atoms with Crippen LogP contribution in [0.3, 0.4) is 0 Å². The SMILES string of the molecule is C=CCn1cc2ccnc(CCCCC)c2n1. The summed E-state index contributed by atoms with van der Waals surface area (Å²) in [4.78, 5) is 4.45. The molecule has 0 aliphatic carbocycles. The lowest BCUT2D eigenvalue weighted by molar-refractivity contribution is 0.697. The van der Waals surface area contributed by atoms with Gasteiger partial charge in [0.15, 0.2) is 0 Å². The van der Waals surface area contributed by atoms with Gasteiger partial charge in [0.05, 0.1) is 12.2 Å². The minimum atomic E-state index is 0.753. The minimum Gasteiger partial charge on any atom is -0.268 e. The summed E-state index contributed by atoms with van der Waals surface area (Å²) in [5, 5.41) is 5.74. The Balaban J connectivity index is 2.25. The number of pyridine rings is 1. The maximum atomic E-state index is 4.56. The van der Waals surface area contributed by atoms with Gasteiger partial charge in [0.25, 0.3) is 0 Å². The molecule has 0 saturated carbocycles. The number of fused-ring (bicyclic) bond motifs is 1. The van der Waals surface area contributed by atoms with E-state index < -0.39 is 0 Å². The van der Waals surface area contributed by atoms with Gasteiger partial charge in [0, 0.05) is 17.8 Å². The van der Waals surface area contributed by atoms with Crippen LogP contribution in [0.15, 0.2) is 31.1 Å². The first-order chi connectivity index (χ1) is 8.35. The van der Waals surface area contributed by atoms with Gasteiger partial charge in [-0.25, -0.2) is 0 Å². The van der Waals surface area contributed by atoms with Gasteiger partial charge in [-0.1, -0.05) is 25.8 Å². The van der Waals surface area contributed by atoms with Crippen LogP contribution in [0.25, 0.3) is 10.9 Å². The lowest BCUT2D eigenvalue weighted by Crippen LogP contribution is -1.96. The number of hydrogen-bond acceptors (Lipinski definition) is 2. The lowest BCUT2D eigenvalue weighted by atomic mass is 10.1. The number of hydrogen-bond donors (Lipinski definition) is 0. The summed E-state index contributed by atoms with van der Waals surface area (Å²) in [5.41, 5.74) is 2.17. The summed E-state index contributed by atoms with van der Waals surface area (Å²) < 4.78 is 1.92. The third kappa shape index (κ3) is 2.73. The van der Waals surface area contributed by atoms with Crippen molar-refractivity contribution in [3.8, 4) is 0 Å². The first-order valence-corrected chi connectivity index (χ1v) is 6.27. The quantitative estimate of drug-likeness (QED) is 0.562. The molecule has 90 valence electrons. The van der Waals surface area contributed by atoms with Crippen LogP contribution in [0.5, 0.6) is 0 Å². The first-order valence-electron chi connectivity index (χ1n) is 6.27. The maximum absolute atomic E-state index is 4.56. The summed E-state index contributed by atoms with van der Waals surface area (Å²) in [6, 6.07) is 2.02. The molecule has 0 spiro atoms. The summed E-state index contributed by atoms with van der Waals surface area (Å²) >= 11 is 0. The van der Waals surface area contributed by atoms with Crippen LogP contribution in [-0.4, -0.2) is 14.8 Å². The largest absolute Gasteiger partial charge is 0.268 e. The average Bonchev–Trinajstić information content (AvgIpc) is 2.73. The van der Waals surface area contributed by atoms with E-state index in [0.29, 0.717) is 0 Å². The van der Waals surface area contributed by atoms with Crippen molar-refractivity contribution in [1.29, 1.82) is 0 Å². The van der Waals surface area contributed by atoms with E-state index in [1.165, 1.54) is 24.6 Å². The topological polar surface area (TPSA) is 30.7 Å². The second kappa shape index (κ2) is 5.62. The second-order valence-corrected chi connectivity index (χ2v) is 4.29.